The average molecular weight is 309 g/mol. The van der Waals surface area contributed by atoms with Crippen LogP contribution >= 0.6 is 0 Å². The van der Waals surface area contributed by atoms with Gasteiger partial charge in [0.05, 0.1) is 0 Å². The highest BCUT2D eigenvalue weighted by atomic mass is 28.4. The SMILES string of the molecule is CC(C)[Si](O)(O)CCCCCCC(=O)Nc1ccccc1. The van der Waals surface area contributed by atoms with Crippen molar-refractivity contribution in [2.75, 3.05) is 5.32 Å². The number of hydrogen-bond acceptors (Lipinski definition) is 3. The van der Waals surface area contributed by atoms with E-state index in [1.807, 2.05) is 44.2 Å². The maximum absolute atomic E-state index is 11.7. The van der Waals surface area contributed by atoms with Crippen LogP contribution < -0.4 is 5.32 Å². The maximum Gasteiger partial charge on any atom is 0.335 e. The third kappa shape index (κ3) is 7.41. The smallest absolute Gasteiger partial charge is 0.335 e. The van der Waals surface area contributed by atoms with Gasteiger partial charge in [-0.25, -0.2) is 0 Å². The van der Waals surface area contributed by atoms with E-state index in [1.54, 1.807) is 0 Å². The number of anilines is 1. The summed E-state index contributed by atoms with van der Waals surface area (Å²) in [7, 11) is -2.99. The fraction of sp³-hybridized carbons (Fsp3) is 0.562. The Labute approximate surface area is 128 Å². The first-order valence-electron chi connectivity index (χ1n) is 7.71. The maximum atomic E-state index is 11.7. The number of rotatable bonds is 9. The van der Waals surface area contributed by atoms with Crippen molar-refractivity contribution in [3.8, 4) is 0 Å². The number of benzene rings is 1. The van der Waals surface area contributed by atoms with E-state index in [2.05, 4.69) is 5.32 Å². The van der Waals surface area contributed by atoms with E-state index in [0.717, 1.165) is 31.4 Å². The van der Waals surface area contributed by atoms with E-state index >= 15 is 0 Å². The molecule has 1 aromatic rings. The van der Waals surface area contributed by atoms with Crippen molar-refractivity contribution >= 4 is 20.2 Å². The zero-order chi connectivity index (χ0) is 15.7. The van der Waals surface area contributed by atoms with Crippen LogP contribution in [0.1, 0.15) is 46.0 Å². The van der Waals surface area contributed by atoms with E-state index in [4.69, 9.17) is 0 Å². The third-order valence-corrected chi connectivity index (χ3v) is 6.62. The molecular formula is C16H27NO3Si. The molecule has 0 saturated heterocycles. The van der Waals surface area contributed by atoms with Crippen LogP contribution in [-0.2, 0) is 4.79 Å². The Morgan fingerprint density at radius 1 is 1.10 bits per heavy atom. The van der Waals surface area contributed by atoms with Crippen molar-refractivity contribution < 1.29 is 14.4 Å². The molecular weight excluding hydrogens is 282 g/mol. The first-order chi connectivity index (χ1) is 9.92. The minimum Gasteiger partial charge on any atom is -0.410 e. The van der Waals surface area contributed by atoms with Crippen LogP contribution in [0.3, 0.4) is 0 Å². The highest BCUT2D eigenvalue weighted by Crippen LogP contribution is 2.22. The van der Waals surface area contributed by atoms with Gasteiger partial charge in [-0.05, 0) is 30.1 Å². The van der Waals surface area contributed by atoms with Crippen LogP contribution in [0.15, 0.2) is 30.3 Å². The third-order valence-electron chi connectivity index (χ3n) is 3.68. The number of carbonyl (C=O) groups excluding carboxylic acids is 1. The molecule has 0 aliphatic rings. The van der Waals surface area contributed by atoms with Gasteiger partial charge in [0.2, 0.25) is 5.91 Å². The van der Waals surface area contributed by atoms with Crippen LogP contribution in [-0.4, -0.2) is 24.1 Å². The molecule has 3 N–H and O–H groups in total. The molecule has 1 amide bonds. The zero-order valence-electron chi connectivity index (χ0n) is 13.0. The van der Waals surface area contributed by atoms with Crippen LogP contribution in [0, 0.1) is 0 Å². The normalized spacial score (nSPS) is 11.7. The number of hydrogen-bond donors (Lipinski definition) is 3. The molecule has 21 heavy (non-hydrogen) atoms. The van der Waals surface area contributed by atoms with E-state index in [1.165, 1.54) is 0 Å². The summed E-state index contributed by atoms with van der Waals surface area (Å²) in [5.74, 6) is 0.0384. The lowest BCUT2D eigenvalue weighted by Crippen LogP contribution is -2.37. The number of carbonyl (C=O) groups is 1. The number of para-hydroxylation sites is 1. The van der Waals surface area contributed by atoms with Crippen molar-refractivity contribution in [1.82, 2.24) is 0 Å². The molecule has 1 rings (SSSR count). The summed E-state index contributed by atoms with van der Waals surface area (Å²) in [6, 6.07) is 9.97. The van der Waals surface area contributed by atoms with Gasteiger partial charge in [-0.2, -0.15) is 0 Å². The lowest BCUT2D eigenvalue weighted by atomic mass is 10.1. The second-order valence-electron chi connectivity index (χ2n) is 5.86. The quantitative estimate of drug-likeness (QED) is 0.483. The molecule has 0 heterocycles. The van der Waals surface area contributed by atoms with Gasteiger partial charge in [0.15, 0.2) is 0 Å². The molecule has 0 aliphatic carbocycles. The van der Waals surface area contributed by atoms with Gasteiger partial charge in [0.1, 0.15) is 0 Å². The first-order valence-corrected chi connectivity index (χ1v) is 9.89. The molecule has 0 bridgehead atoms. The fourth-order valence-corrected chi connectivity index (χ4v) is 3.41. The van der Waals surface area contributed by atoms with E-state index in [0.29, 0.717) is 12.5 Å². The highest BCUT2D eigenvalue weighted by molar-refractivity contribution is 6.66. The molecule has 1 aromatic carbocycles. The van der Waals surface area contributed by atoms with Gasteiger partial charge in [-0.3, -0.25) is 4.79 Å². The predicted molar refractivity (Wildman–Crippen MR) is 88.3 cm³/mol. The van der Waals surface area contributed by atoms with Gasteiger partial charge >= 0.3 is 8.56 Å². The number of nitrogens with one attached hydrogen (secondary N) is 1. The van der Waals surface area contributed by atoms with E-state index in [9.17, 15) is 14.4 Å². The molecule has 5 heteroatoms. The van der Waals surface area contributed by atoms with Crippen molar-refractivity contribution in [3.63, 3.8) is 0 Å². The van der Waals surface area contributed by atoms with Gasteiger partial charge in [0, 0.05) is 12.1 Å². The Morgan fingerprint density at radius 2 is 1.71 bits per heavy atom. The first kappa shape index (κ1) is 17.9. The predicted octanol–water partition coefficient (Wildman–Crippen LogP) is 3.41. The van der Waals surface area contributed by atoms with Gasteiger partial charge in [-0.15, -0.1) is 0 Å². The molecule has 0 saturated carbocycles. The van der Waals surface area contributed by atoms with Gasteiger partial charge in [-0.1, -0.05) is 51.3 Å². The van der Waals surface area contributed by atoms with Crippen LogP contribution in [0.5, 0.6) is 0 Å². The fourth-order valence-electron chi connectivity index (χ4n) is 2.06. The monoisotopic (exact) mass is 309 g/mol. The Balaban J connectivity index is 2.08. The number of unbranched alkanes of at least 4 members (excludes halogenated alkanes) is 3. The van der Waals surface area contributed by atoms with Crippen molar-refractivity contribution in [2.24, 2.45) is 0 Å². The largest absolute Gasteiger partial charge is 0.410 e. The van der Waals surface area contributed by atoms with E-state index in [-0.39, 0.29) is 11.4 Å². The molecule has 0 aliphatic heterocycles. The molecule has 0 radical (unpaired) electrons. The second-order valence-corrected chi connectivity index (χ2v) is 9.27. The second kappa shape index (κ2) is 8.97. The summed E-state index contributed by atoms with van der Waals surface area (Å²) >= 11 is 0. The van der Waals surface area contributed by atoms with Crippen LogP contribution in [0.2, 0.25) is 11.6 Å². The summed E-state index contributed by atoms with van der Waals surface area (Å²) in [5.41, 5.74) is 0.810. The Hall–Kier alpha value is -1.17. The van der Waals surface area contributed by atoms with E-state index < -0.39 is 8.56 Å². The van der Waals surface area contributed by atoms with Crippen molar-refractivity contribution in [2.45, 2.75) is 57.5 Å². The molecule has 0 spiro atoms. The van der Waals surface area contributed by atoms with Crippen molar-refractivity contribution in [1.29, 1.82) is 0 Å². The number of amides is 1. The zero-order valence-corrected chi connectivity index (χ0v) is 14.0. The van der Waals surface area contributed by atoms with Gasteiger partial charge < -0.3 is 14.9 Å². The summed E-state index contributed by atoms with van der Waals surface area (Å²) in [4.78, 5) is 31.4. The Bertz CT molecular complexity index is 421. The summed E-state index contributed by atoms with van der Waals surface area (Å²) < 4.78 is 0. The Kier molecular flexibility index (Phi) is 7.64. The lowest BCUT2D eigenvalue weighted by molar-refractivity contribution is -0.116. The molecule has 0 atom stereocenters. The minimum atomic E-state index is -2.99. The molecule has 118 valence electrons. The Morgan fingerprint density at radius 3 is 2.33 bits per heavy atom. The summed E-state index contributed by atoms with van der Waals surface area (Å²) in [6.07, 6.45) is 4.08. The van der Waals surface area contributed by atoms with Crippen LogP contribution in [0.25, 0.3) is 0 Å². The minimum absolute atomic E-state index is 0.0193. The molecule has 4 nitrogen and oxygen atoms in total. The lowest BCUT2D eigenvalue weighted by Gasteiger charge is -2.21. The van der Waals surface area contributed by atoms with Crippen molar-refractivity contribution in [3.05, 3.63) is 30.3 Å². The molecule has 0 fully saturated rings. The average Bonchev–Trinajstić information content (AvgIpc) is 2.43. The van der Waals surface area contributed by atoms with Crippen LogP contribution in [0.4, 0.5) is 5.69 Å². The molecule has 0 unspecified atom stereocenters. The topological polar surface area (TPSA) is 69.6 Å². The standard InChI is InChI=1S/C16H27NO3Si/c1-14(2)21(19,20)13-9-4-3-8-12-16(18)17-15-10-6-5-7-11-15/h5-7,10-11,14,19-20H,3-4,8-9,12-13H2,1-2H3,(H,17,18). The highest BCUT2D eigenvalue weighted by Gasteiger charge is 2.32. The summed E-state index contributed by atoms with van der Waals surface area (Å²) in [5, 5.41) is 2.86. The summed E-state index contributed by atoms with van der Waals surface area (Å²) in [6.45, 7) is 3.72. The molecule has 0 aromatic heterocycles. The van der Waals surface area contributed by atoms with Gasteiger partial charge in [0.25, 0.3) is 0 Å².